The number of carbonyl (C=O) groups is 1. The van der Waals surface area contributed by atoms with Crippen molar-refractivity contribution in [2.75, 3.05) is 5.32 Å². The van der Waals surface area contributed by atoms with Gasteiger partial charge in [0, 0.05) is 22.2 Å². The van der Waals surface area contributed by atoms with Gasteiger partial charge in [-0.2, -0.15) is 5.10 Å². The highest BCUT2D eigenvalue weighted by Crippen LogP contribution is 2.27. The van der Waals surface area contributed by atoms with Crippen LogP contribution in [0.25, 0.3) is 11.3 Å². The highest BCUT2D eigenvalue weighted by molar-refractivity contribution is 7.14. The molecule has 0 saturated carbocycles. The average Bonchev–Trinajstić information content (AvgIpc) is 3.42. The maximum absolute atomic E-state index is 12.2. The van der Waals surface area contributed by atoms with Gasteiger partial charge >= 0.3 is 0 Å². The van der Waals surface area contributed by atoms with Crippen molar-refractivity contribution in [3.05, 3.63) is 89.2 Å². The van der Waals surface area contributed by atoms with Crippen molar-refractivity contribution in [3.63, 3.8) is 0 Å². The molecular formula is C22H18N4O2S. The number of nitrogens with one attached hydrogen (secondary N) is 2. The largest absolute Gasteiger partial charge is 0.463 e. The molecule has 2 aromatic heterocycles. The van der Waals surface area contributed by atoms with E-state index in [2.05, 4.69) is 39.9 Å². The summed E-state index contributed by atoms with van der Waals surface area (Å²) in [4.78, 5) is 16.8. The summed E-state index contributed by atoms with van der Waals surface area (Å²) in [6.07, 6.45) is 2.99. The highest BCUT2D eigenvalue weighted by Gasteiger charge is 2.08. The van der Waals surface area contributed by atoms with Crippen LogP contribution in [0.2, 0.25) is 0 Å². The Morgan fingerprint density at radius 3 is 2.62 bits per heavy atom. The van der Waals surface area contributed by atoms with E-state index in [1.165, 1.54) is 23.1 Å². The molecule has 29 heavy (non-hydrogen) atoms. The second kappa shape index (κ2) is 8.53. The van der Waals surface area contributed by atoms with Gasteiger partial charge in [0.05, 0.1) is 18.2 Å². The van der Waals surface area contributed by atoms with Crippen molar-refractivity contribution in [3.8, 4) is 11.3 Å². The lowest BCUT2D eigenvalue weighted by atomic mass is 10.1. The molecule has 0 unspecified atom stereocenters. The molecule has 0 atom stereocenters. The number of aromatic nitrogens is 1. The number of anilines is 2. The molecule has 0 aliphatic heterocycles. The molecule has 6 nitrogen and oxygen atoms in total. The fraction of sp³-hybridized carbons (Fsp3) is 0.0455. The number of benzene rings is 2. The predicted molar refractivity (Wildman–Crippen MR) is 116 cm³/mol. The Morgan fingerprint density at radius 1 is 1.10 bits per heavy atom. The van der Waals surface area contributed by atoms with E-state index in [-0.39, 0.29) is 5.91 Å². The normalized spacial score (nSPS) is 10.9. The fourth-order valence-corrected chi connectivity index (χ4v) is 3.34. The molecule has 1 amide bonds. The third-order valence-electron chi connectivity index (χ3n) is 4.15. The maximum atomic E-state index is 12.2. The number of hydrogen-bond acceptors (Lipinski definition) is 6. The topological polar surface area (TPSA) is 79.5 Å². The molecule has 2 heterocycles. The number of rotatable bonds is 6. The van der Waals surface area contributed by atoms with E-state index >= 15 is 0 Å². The van der Waals surface area contributed by atoms with Crippen molar-refractivity contribution in [2.24, 2.45) is 5.10 Å². The van der Waals surface area contributed by atoms with Gasteiger partial charge in [0.1, 0.15) is 5.76 Å². The zero-order valence-electron chi connectivity index (χ0n) is 15.6. The van der Waals surface area contributed by atoms with E-state index in [4.69, 9.17) is 4.42 Å². The lowest BCUT2D eigenvalue weighted by Crippen LogP contribution is -2.17. The zero-order valence-corrected chi connectivity index (χ0v) is 16.4. The molecule has 2 N–H and O–H groups in total. The number of thiazole rings is 1. The second-order valence-electron chi connectivity index (χ2n) is 6.32. The van der Waals surface area contributed by atoms with Gasteiger partial charge in [0.25, 0.3) is 5.91 Å². The minimum atomic E-state index is -0.292. The first-order chi connectivity index (χ1) is 14.2. The van der Waals surface area contributed by atoms with Gasteiger partial charge in [-0.1, -0.05) is 29.8 Å². The van der Waals surface area contributed by atoms with Gasteiger partial charge < -0.3 is 9.73 Å². The van der Waals surface area contributed by atoms with Gasteiger partial charge in [0.15, 0.2) is 5.13 Å². The molecule has 2 aromatic carbocycles. The van der Waals surface area contributed by atoms with E-state index in [1.807, 2.05) is 29.6 Å². The molecule has 4 aromatic rings. The number of carbonyl (C=O) groups excluding carboxylic acids is 1. The lowest BCUT2D eigenvalue weighted by molar-refractivity contribution is 0.0955. The fourth-order valence-electron chi connectivity index (χ4n) is 2.60. The van der Waals surface area contributed by atoms with Crippen LogP contribution in [-0.4, -0.2) is 17.1 Å². The van der Waals surface area contributed by atoms with E-state index in [0.717, 1.165) is 22.1 Å². The summed E-state index contributed by atoms with van der Waals surface area (Å²) in [5.41, 5.74) is 7.00. The van der Waals surface area contributed by atoms with Gasteiger partial charge in [-0.25, -0.2) is 10.4 Å². The first kappa shape index (κ1) is 18.6. The Labute approximate surface area is 171 Å². The Bertz CT molecular complexity index is 1110. The summed E-state index contributed by atoms with van der Waals surface area (Å²) in [6.45, 7) is 2.06. The molecule has 7 heteroatoms. The van der Waals surface area contributed by atoms with Crippen molar-refractivity contribution >= 4 is 34.3 Å². The average molecular weight is 402 g/mol. The standard InChI is InChI=1S/C22H18N4O2S/c1-15-4-10-18(11-5-15)24-22-25-20(14-29-22)16-6-8-17(9-7-16)21(27)26-23-13-19-3-2-12-28-19/h2-14H,1H3,(H,24,25)(H,26,27)/b23-13-. The van der Waals surface area contributed by atoms with Crippen LogP contribution >= 0.6 is 11.3 Å². The van der Waals surface area contributed by atoms with Gasteiger partial charge in [0.2, 0.25) is 0 Å². The predicted octanol–water partition coefficient (Wildman–Crippen LogP) is 5.22. The quantitative estimate of drug-likeness (QED) is 0.342. The summed E-state index contributed by atoms with van der Waals surface area (Å²) in [5, 5.41) is 9.99. The van der Waals surface area contributed by atoms with Crippen molar-refractivity contribution < 1.29 is 9.21 Å². The zero-order chi connectivity index (χ0) is 20.1. The molecule has 0 fully saturated rings. The Balaban J connectivity index is 1.39. The number of hydrogen-bond donors (Lipinski definition) is 2. The third-order valence-corrected chi connectivity index (χ3v) is 4.91. The number of hydrazone groups is 1. The Morgan fingerprint density at radius 2 is 1.90 bits per heavy atom. The number of nitrogens with zero attached hydrogens (tertiary/aromatic N) is 2. The number of furan rings is 1. The van der Waals surface area contributed by atoms with E-state index < -0.39 is 0 Å². The molecule has 0 spiro atoms. The van der Waals surface area contributed by atoms with E-state index in [1.54, 1.807) is 30.5 Å². The van der Waals surface area contributed by atoms with Crippen LogP contribution in [0.15, 0.2) is 81.8 Å². The second-order valence-corrected chi connectivity index (χ2v) is 7.18. The van der Waals surface area contributed by atoms with Crippen molar-refractivity contribution in [1.29, 1.82) is 0 Å². The van der Waals surface area contributed by atoms with Crippen LogP contribution in [-0.2, 0) is 0 Å². The first-order valence-electron chi connectivity index (χ1n) is 8.94. The van der Waals surface area contributed by atoms with Crippen LogP contribution < -0.4 is 10.7 Å². The SMILES string of the molecule is Cc1ccc(Nc2nc(-c3ccc(C(=O)N/N=C\c4ccco4)cc3)cs2)cc1. The highest BCUT2D eigenvalue weighted by atomic mass is 32.1. The Hall–Kier alpha value is -3.71. The van der Waals surface area contributed by atoms with Crippen LogP contribution in [0, 0.1) is 6.92 Å². The summed E-state index contributed by atoms with van der Waals surface area (Å²) < 4.78 is 5.12. The molecule has 0 aliphatic carbocycles. The third kappa shape index (κ3) is 4.77. The minimum Gasteiger partial charge on any atom is -0.463 e. The lowest BCUT2D eigenvalue weighted by Gasteiger charge is -2.03. The van der Waals surface area contributed by atoms with Crippen LogP contribution in [0.1, 0.15) is 21.7 Å². The van der Waals surface area contributed by atoms with Crippen LogP contribution in [0.5, 0.6) is 0 Å². The van der Waals surface area contributed by atoms with Gasteiger partial charge in [-0.3, -0.25) is 4.79 Å². The molecule has 0 saturated heterocycles. The number of amides is 1. The molecule has 0 aliphatic rings. The van der Waals surface area contributed by atoms with Crippen molar-refractivity contribution in [2.45, 2.75) is 6.92 Å². The summed E-state index contributed by atoms with van der Waals surface area (Å²) in [6, 6.07) is 18.9. The van der Waals surface area contributed by atoms with Gasteiger partial charge in [-0.15, -0.1) is 11.3 Å². The molecule has 0 bridgehead atoms. The summed E-state index contributed by atoms with van der Waals surface area (Å²) in [7, 11) is 0. The molecule has 0 radical (unpaired) electrons. The Kier molecular flexibility index (Phi) is 5.49. The summed E-state index contributed by atoms with van der Waals surface area (Å²) >= 11 is 1.53. The number of aryl methyl sites for hydroxylation is 1. The summed E-state index contributed by atoms with van der Waals surface area (Å²) in [5.74, 6) is 0.276. The van der Waals surface area contributed by atoms with Crippen molar-refractivity contribution in [1.82, 2.24) is 10.4 Å². The van der Waals surface area contributed by atoms with E-state index in [0.29, 0.717) is 11.3 Å². The monoisotopic (exact) mass is 402 g/mol. The molecule has 144 valence electrons. The molecular weight excluding hydrogens is 384 g/mol. The maximum Gasteiger partial charge on any atom is 0.271 e. The molecule has 4 rings (SSSR count). The van der Waals surface area contributed by atoms with Gasteiger partial charge in [-0.05, 0) is 43.3 Å². The smallest absolute Gasteiger partial charge is 0.271 e. The van der Waals surface area contributed by atoms with E-state index in [9.17, 15) is 4.79 Å². The van der Waals surface area contributed by atoms with Crippen LogP contribution in [0.3, 0.4) is 0 Å². The first-order valence-corrected chi connectivity index (χ1v) is 9.82. The van der Waals surface area contributed by atoms with Crippen LogP contribution in [0.4, 0.5) is 10.8 Å². The minimum absolute atomic E-state index is 0.292.